The zero-order valence-corrected chi connectivity index (χ0v) is 20.1. The van der Waals surface area contributed by atoms with Crippen LogP contribution in [0.15, 0.2) is 58.1 Å². The van der Waals surface area contributed by atoms with Crippen LogP contribution in [0.25, 0.3) is 11.1 Å². The number of anilines is 1. The molecule has 1 fully saturated rings. The van der Waals surface area contributed by atoms with Gasteiger partial charge in [-0.2, -0.15) is 13.5 Å². The van der Waals surface area contributed by atoms with E-state index in [2.05, 4.69) is 14.8 Å². The zero-order chi connectivity index (χ0) is 24.5. The van der Waals surface area contributed by atoms with Gasteiger partial charge in [0.05, 0.1) is 23.6 Å². The second-order valence-corrected chi connectivity index (χ2v) is 10.2. The lowest BCUT2D eigenvalue weighted by atomic mass is 10.1. The molecule has 1 amide bonds. The van der Waals surface area contributed by atoms with Gasteiger partial charge in [0.15, 0.2) is 0 Å². The van der Waals surface area contributed by atoms with Gasteiger partial charge in [0.2, 0.25) is 5.91 Å². The molecule has 0 aliphatic heterocycles. The van der Waals surface area contributed by atoms with Crippen molar-refractivity contribution < 1.29 is 17.6 Å². The van der Waals surface area contributed by atoms with Crippen molar-refractivity contribution in [3.8, 4) is 11.1 Å². The first-order valence-electron chi connectivity index (χ1n) is 10.5. The van der Waals surface area contributed by atoms with Gasteiger partial charge in [0.25, 0.3) is 10.0 Å². The van der Waals surface area contributed by atoms with Crippen molar-refractivity contribution in [1.29, 1.82) is 0 Å². The highest BCUT2D eigenvalue weighted by Gasteiger charge is 2.26. The minimum absolute atomic E-state index is 0.0641. The summed E-state index contributed by atoms with van der Waals surface area (Å²) in [6.07, 6.45) is 6.38. The van der Waals surface area contributed by atoms with Crippen molar-refractivity contribution in [2.45, 2.75) is 30.2 Å². The van der Waals surface area contributed by atoms with E-state index in [0.29, 0.717) is 17.2 Å². The Morgan fingerprint density at radius 1 is 1.32 bits per heavy atom. The smallest absolute Gasteiger partial charge is 0.284 e. The van der Waals surface area contributed by atoms with Crippen LogP contribution in [0.2, 0.25) is 5.02 Å². The topological polar surface area (TPSA) is 96.7 Å². The molecule has 1 saturated carbocycles. The van der Waals surface area contributed by atoms with Gasteiger partial charge in [0.1, 0.15) is 12.2 Å². The van der Waals surface area contributed by atoms with Crippen LogP contribution >= 0.6 is 11.6 Å². The number of carbonyl (C=O) groups is 1. The third-order valence-electron chi connectivity index (χ3n) is 5.19. The summed E-state index contributed by atoms with van der Waals surface area (Å²) in [5.41, 5.74) is 1.34. The Labute approximate surface area is 202 Å². The quantitative estimate of drug-likeness (QED) is 0.368. The second-order valence-electron chi connectivity index (χ2n) is 8.24. The van der Waals surface area contributed by atoms with Gasteiger partial charge in [-0.25, -0.2) is 4.39 Å². The Balaban J connectivity index is 1.67. The van der Waals surface area contributed by atoms with Crippen LogP contribution in [-0.4, -0.2) is 49.4 Å². The first kappa shape index (κ1) is 23.9. The van der Waals surface area contributed by atoms with Gasteiger partial charge in [-0.15, -0.1) is 4.40 Å². The van der Waals surface area contributed by atoms with E-state index < -0.39 is 21.7 Å². The zero-order valence-electron chi connectivity index (χ0n) is 18.6. The summed E-state index contributed by atoms with van der Waals surface area (Å²) in [6, 6.07) is 9.03. The molecule has 0 radical (unpaired) electrons. The third kappa shape index (κ3) is 5.45. The number of amides is 1. The maximum absolute atomic E-state index is 14.1. The van der Waals surface area contributed by atoms with E-state index in [9.17, 15) is 17.6 Å². The number of benzene rings is 2. The maximum Gasteiger partial charge on any atom is 0.284 e. The molecule has 34 heavy (non-hydrogen) atoms. The molecule has 11 heteroatoms. The molecule has 1 heterocycles. The first-order valence-corrected chi connectivity index (χ1v) is 12.3. The van der Waals surface area contributed by atoms with Gasteiger partial charge in [-0.05, 0) is 37.1 Å². The van der Waals surface area contributed by atoms with Crippen molar-refractivity contribution in [2.24, 2.45) is 4.40 Å². The lowest BCUT2D eigenvalue weighted by Crippen LogP contribution is -2.16. The molecule has 1 aliphatic rings. The number of hydrogen-bond donors (Lipinski definition) is 1. The standard InChI is InChI=1S/C23H23ClFN5O3S/c1-29(2)14-27-34(32,33)22-10-16(28-23(31)11-19-20(24)4-3-5-21(19)25)6-9-18(22)15-12-26-30(13-15)17-7-8-17/h3-6,9-10,12-14,17H,7-8,11H2,1-2H3,(H,28,31). The summed E-state index contributed by atoms with van der Waals surface area (Å²) in [5.74, 6) is -1.13. The summed E-state index contributed by atoms with van der Waals surface area (Å²) < 4.78 is 45.8. The van der Waals surface area contributed by atoms with Gasteiger partial charge in [0, 0.05) is 47.7 Å². The number of nitrogens with one attached hydrogen (secondary N) is 1. The van der Waals surface area contributed by atoms with E-state index in [1.807, 2.05) is 4.68 Å². The van der Waals surface area contributed by atoms with Crippen molar-refractivity contribution in [3.63, 3.8) is 0 Å². The number of halogens is 2. The fraction of sp³-hybridized carbons (Fsp3) is 0.261. The van der Waals surface area contributed by atoms with Crippen molar-refractivity contribution in [1.82, 2.24) is 14.7 Å². The third-order valence-corrected chi connectivity index (χ3v) is 6.81. The summed E-state index contributed by atoms with van der Waals surface area (Å²) in [5, 5.41) is 7.10. The molecule has 4 rings (SSSR count). The van der Waals surface area contributed by atoms with E-state index in [1.165, 1.54) is 35.5 Å². The fourth-order valence-electron chi connectivity index (χ4n) is 3.35. The van der Waals surface area contributed by atoms with Crippen LogP contribution in [0.4, 0.5) is 10.1 Å². The molecule has 1 aromatic heterocycles. The average molecular weight is 504 g/mol. The number of nitrogens with zero attached hydrogens (tertiary/aromatic N) is 4. The minimum atomic E-state index is -4.10. The molecule has 3 aromatic rings. The molecular formula is C23H23ClFN5O3S. The summed E-state index contributed by atoms with van der Waals surface area (Å²) in [4.78, 5) is 14.0. The Morgan fingerprint density at radius 2 is 2.09 bits per heavy atom. The summed E-state index contributed by atoms with van der Waals surface area (Å²) in [7, 11) is -0.788. The highest BCUT2D eigenvalue weighted by atomic mass is 35.5. The van der Waals surface area contributed by atoms with E-state index in [1.54, 1.807) is 38.6 Å². The molecule has 0 atom stereocenters. The van der Waals surface area contributed by atoms with Crippen molar-refractivity contribution in [2.75, 3.05) is 19.4 Å². The highest BCUT2D eigenvalue weighted by Crippen LogP contribution is 2.37. The van der Waals surface area contributed by atoms with E-state index in [0.717, 1.165) is 12.8 Å². The van der Waals surface area contributed by atoms with Crippen molar-refractivity contribution in [3.05, 3.63) is 65.2 Å². The van der Waals surface area contributed by atoms with E-state index in [4.69, 9.17) is 11.6 Å². The van der Waals surface area contributed by atoms with Crippen LogP contribution < -0.4 is 5.32 Å². The lowest BCUT2D eigenvalue weighted by Gasteiger charge is -2.12. The first-order chi connectivity index (χ1) is 16.1. The molecule has 2 aromatic carbocycles. The number of aromatic nitrogens is 2. The van der Waals surface area contributed by atoms with E-state index in [-0.39, 0.29) is 27.6 Å². The Bertz CT molecular complexity index is 1350. The maximum atomic E-state index is 14.1. The molecule has 1 N–H and O–H groups in total. The number of carbonyl (C=O) groups excluding carboxylic acids is 1. The van der Waals surface area contributed by atoms with Crippen LogP contribution in [0, 0.1) is 5.82 Å². The second kappa shape index (κ2) is 9.55. The number of sulfonamides is 1. The molecule has 0 unspecified atom stereocenters. The van der Waals surface area contributed by atoms with Crippen LogP contribution in [0.5, 0.6) is 0 Å². The summed E-state index contributed by atoms with van der Waals surface area (Å²) >= 11 is 6.01. The molecule has 1 aliphatic carbocycles. The van der Waals surface area contributed by atoms with Crippen LogP contribution in [0.3, 0.4) is 0 Å². The highest BCUT2D eigenvalue weighted by molar-refractivity contribution is 7.90. The van der Waals surface area contributed by atoms with Gasteiger partial charge in [-0.3, -0.25) is 9.48 Å². The molecule has 8 nitrogen and oxygen atoms in total. The average Bonchev–Trinajstić information content (AvgIpc) is 3.52. The molecule has 0 saturated heterocycles. The largest absolute Gasteiger partial charge is 0.368 e. The molecule has 0 bridgehead atoms. The minimum Gasteiger partial charge on any atom is -0.368 e. The van der Waals surface area contributed by atoms with Crippen LogP contribution in [-0.2, 0) is 21.2 Å². The van der Waals surface area contributed by atoms with Gasteiger partial charge < -0.3 is 10.2 Å². The van der Waals surface area contributed by atoms with E-state index >= 15 is 0 Å². The lowest BCUT2D eigenvalue weighted by molar-refractivity contribution is -0.115. The number of rotatable bonds is 8. The van der Waals surface area contributed by atoms with Crippen LogP contribution in [0.1, 0.15) is 24.4 Å². The SMILES string of the molecule is CN(C)C=NS(=O)(=O)c1cc(NC(=O)Cc2c(F)cccc2Cl)ccc1-c1cnn(C2CC2)c1. The Hall–Kier alpha value is -3.24. The van der Waals surface area contributed by atoms with Gasteiger partial charge >= 0.3 is 0 Å². The number of hydrogen-bond acceptors (Lipinski definition) is 4. The predicted octanol–water partition coefficient (Wildman–Crippen LogP) is 4.14. The molecule has 178 valence electrons. The van der Waals surface area contributed by atoms with Crippen molar-refractivity contribution >= 4 is 39.6 Å². The Kier molecular flexibility index (Phi) is 6.72. The molecule has 0 spiro atoms. The molecular weight excluding hydrogens is 481 g/mol. The normalized spacial score (nSPS) is 13.9. The predicted molar refractivity (Wildman–Crippen MR) is 129 cm³/mol. The fourth-order valence-corrected chi connectivity index (χ4v) is 4.74. The monoisotopic (exact) mass is 503 g/mol. The Morgan fingerprint density at radius 3 is 2.76 bits per heavy atom. The van der Waals surface area contributed by atoms with Gasteiger partial charge in [-0.1, -0.05) is 23.7 Å². The summed E-state index contributed by atoms with van der Waals surface area (Å²) in [6.45, 7) is 0.